The number of alkyl carbamates (subject to hydrolysis) is 1. The second kappa shape index (κ2) is 13.9. The van der Waals surface area contributed by atoms with Crippen LogP contribution in [0.5, 0.6) is 0 Å². The van der Waals surface area contributed by atoms with E-state index in [-0.39, 0.29) is 25.5 Å². The van der Waals surface area contributed by atoms with Crippen molar-refractivity contribution in [3.8, 4) is 0 Å². The van der Waals surface area contributed by atoms with Gasteiger partial charge in [0.05, 0.1) is 23.8 Å². The Morgan fingerprint density at radius 2 is 1.58 bits per heavy atom. The third-order valence-corrected chi connectivity index (χ3v) is 5.88. The lowest BCUT2D eigenvalue weighted by Crippen LogP contribution is -2.54. The molecule has 0 aliphatic heterocycles. The summed E-state index contributed by atoms with van der Waals surface area (Å²) in [5.74, 6) is -2.06. The molecule has 0 saturated heterocycles. The fraction of sp³-hybridized carbons (Fsp3) is 0.345. The molecule has 9 heteroatoms. The van der Waals surface area contributed by atoms with Gasteiger partial charge in [-0.2, -0.15) is 0 Å². The van der Waals surface area contributed by atoms with Crippen LogP contribution in [0.1, 0.15) is 44.9 Å². The Balaban J connectivity index is 1.55. The van der Waals surface area contributed by atoms with Gasteiger partial charge in [0.25, 0.3) is 5.91 Å². The molecule has 0 aliphatic rings. The van der Waals surface area contributed by atoms with Gasteiger partial charge in [-0.3, -0.25) is 19.4 Å². The van der Waals surface area contributed by atoms with E-state index in [0.29, 0.717) is 12.1 Å². The number of aromatic nitrogens is 1. The highest BCUT2D eigenvalue weighted by molar-refractivity contribution is 6.38. The number of rotatable bonds is 12. The van der Waals surface area contributed by atoms with Gasteiger partial charge in [0.15, 0.2) is 0 Å². The number of Topliss-reactive ketones (excluding diaryl/α,β-unsaturated/α-hetero) is 1. The summed E-state index contributed by atoms with van der Waals surface area (Å²) in [5, 5.41) is 8.76. The van der Waals surface area contributed by atoms with Crippen LogP contribution in [0, 0.1) is 5.92 Å². The van der Waals surface area contributed by atoms with Crippen LogP contribution in [0.25, 0.3) is 10.9 Å². The standard InChI is InChI=1S/C29H34N4O5/c1-4-23(26(34)28(36)30-17-22-15-14-21-12-8-9-13-24(21)31-22)32-27(35)25(16-19(2)3)33-29(37)38-18-20-10-6-5-7-11-20/h5-15,19,23,25H,4,16-18H2,1-3H3,(H,30,36)(H,32,35)(H,33,37)/t23-,25-/m0/s1. The van der Waals surface area contributed by atoms with Crippen molar-refractivity contribution in [2.24, 2.45) is 5.92 Å². The molecule has 38 heavy (non-hydrogen) atoms. The van der Waals surface area contributed by atoms with Crippen molar-refractivity contribution in [2.45, 2.75) is 58.8 Å². The number of carbonyl (C=O) groups excluding carboxylic acids is 4. The molecule has 0 spiro atoms. The first-order valence-electron chi connectivity index (χ1n) is 12.7. The number of benzene rings is 2. The summed E-state index contributed by atoms with van der Waals surface area (Å²) >= 11 is 0. The average molecular weight is 519 g/mol. The van der Waals surface area contributed by atoms with Crippen LogP contribution >= 0.6 is 0 Å². The maximum Gasteiger partial charge on any atom is 0.408 e. The number of carbonyl (C=O) groups is 4. The molecule has 0 fully saturated rings. The molecule has 0 aliphatic carbocycles. The number of amides is 3. The lowest BCUT2D eigenvalue weighted by molar-refractivity contribution is -0.140. The smallest absolute Gasteiger partial charge is 0.408 e. The maximum absolute atomic E-state index is 13.0. The minimum absolute atomic E-state index is 0.0605. The SMILES string of the molecule is CC[C@H](NC(=O)[C@H](CC(C)C)NC(=O)OCc1ccccc1)C(=O)C(=O)NCc1ccc2ccccc2n1. The van der Waals surface area contributed by atoms with Crippen molar-refractivity contribution in [1.29, 1.82) is 0 Å². The first kappa shape index (κ1) is 28.3. The Kier molecular flexibility index (Phi) is 10.3. The molecule has 0 bridgehead atoms. The quantitative estimate of drug-likeness (QED) is 0.314. The molecule has 1 heterocycles. The maximum atomic E-state index is 13.0. The van der Waals surface area contributed by atoms with Crippen molar-refractivity contribution in [1.82, 2.24) is 20.9 Å². The van der Waals surface area contributed by atoms with Crippen molar-refractivity contribution in [2.75, 3.05) is 0 Å². The molecular weight excluding hydrogens is 484 g/mol. The molecule has 0 radical (unpaired) electrons. The number of fused-ring (bicyclic) bond motifs is 1. The van der Waals surface area contributed by atoms with E-state index in [9.17, 15) is 19.2 Å². The molecule has 0 unspecified atom stereocenters. The Bertz CT molecular complexity index is 1260. The van der Waals surface area contributed by atoms with Crippen LogP contribution in [0.2, 0.25) is 0 Å². The minimum Gasteiger partial charge on any atom is -0.445 e. The van der Waals surface area contributed by atoms with Crippen molar-refractivity contribution < 1.29 is 23.9 Å². The molecular formula is C29H34N4O5. The van der Waals surface area contributed by atoms with Crippen LogP contribution in [0.15, 0.2) is 66.7 Å². The molecule has 3 N–H and O–H groups in total. The van der Waals surface area contributed by atoms with E-state index in [4.69, 9.17) is 4.74 Å². The molecule has 9 nitrogen and oxygen atoms in total. The van der Waals surface area contributed by atoms with Gasteiger partial charge in [-0.25, -0.2) is 4.79 Å². The van der Waals surface area contributed by atoms with E-state index >= 15 is 0 Å². The van der Waals surface area contributed by atoms with Crippen LogP contribution < -0.4 is 16.0 Å². The zero-order chi connectivity index (χ0) is 27.5. The Morgan fingerprint density at radius 1 is 0.868 bits per heavy atom. The van der Waals surface area contributed by atoms with Gasteiger partial charge in [-0.1, -0.05) is 75.4 Å². The molecule has 200 valence electrons. The largest absolute Gasteiger partial charge is 0.445 e. The minimum atomic E-state index is -1.04. The molecule has 2 aromatic carbocycles. The molecule has 0 saturated carbocycles. The van der Waals surface area contributed by atoms with Crippen molar-refractivity contribution >= 4 is 34.6 Å². The monoisotopic (exact) mass is 518 g/mol. The van der Waals surface area contributed by atoms with Gasteiger partial charge in [-0.05, 0) is 36.5 Å². The summed E-state index contributed by atoms with van der Waals surface area (Å²) < 4.78 is 5.24. The van der Waals surface area contributed by atoms with Gasteiger partial charge in [0.1, 0.15) is 12.6 Å². The second-order valence-electron chi connectivity index (χ2n) is 9.40. The van der Waals surface area contributed by atoms with Gasteiger partial charge in [0.2, 0.25) is 11.7 Å². The molecule has 1 aromatic heterocycles. The highest BCUT2D eigenvalue weighted by Gasteiger charge is 2.29. The van der Waals surface area contributed by atoms with E-state index in [1.54, 1.807) is 13.0 Å². The number of para-hydroxylation sites is 1. The van der Waals surface area contributed by atoms with E-state index < -0.39 is 35.8 Å². The van der Waals surface area contributed by atoms with Crippen LogP contribution in [-0.4, -0.2) is 40.8 Å². The van der Waals surface area contributed by atoms with E-state index in [0.717, 1.165) is 16.5 Å². The number of hydrogen-bond donors (Lipinski definition) is 3. The number of ether oxygens (including phenoxy) is 1. The third kappa shape index (κ3) is 8.40. The van der Waals surface area contributed by atoms with E-state index in [2.05, 4.69) is 20.9 Å². The topological polar surface area (TPSA) is 126 Å². The highest BCUT2D eigenvalue weighted by atomic mass is 16.5. The van der Waals surface area contributed by atoms with Gasteiger partial charge < -0.3 is 20.7 Å². The first-order valence-corrected chi connectivity index (χ1v) is 12.7. The fourth-order valence-corrected chi connectivity index (χ4v) is 3.86. The Morgan fingerprint density at radius 3 is 2.29 bits per heavy atom. The average Bonchev–Trinajstić information content (AvgIpc) is 2.92. The summed E-state index contributed by atoms with van der Waals surface area (Å²) in [5.41, 5.74) is 2.21. The number of pyridine rings is 1. The molecule has 3 aromatic rings. The van der Waals surface area contributed by atoms with Gasteiger partial charge in [-0.15, -0.1) is 0 Å². The number of ketones is 1. The summed E-state index contributed by atoms with van der Waals surface area (Å²) in [6.45, 7) is 5.65. The van der Waals surface area contributed by atoms with E-state index in [1.165, 1.54) is 0 Å². The Labute approximate surface area is 222 Å². The van der Waals surface area contributed by atoms with Crippen molar-refractivity contribution in [3.63, 3.8) is 0 Å². The fourth-order valence-electron chi connectivity index (χ4n) is 3.86. The summed E-state index contributed by atoms with van der Waals surface area (Å²) in [6, 6.07) is 18.5. The predicted octanol–water partition coefficient (Wildman–Crippen LogP) is 3.66. The molecule has 2 atom stereocenters. The number of hydrogen-bond acceptors (Lipinski definition) is 6. The van der Waals surface area contributed by atoms with Gasteiger partial charge in [0, 0.05) is 5.39 Å². The normalized spacial score (nSPS) is 12.4. The number of nitrogens with zero attached hydrogens (tertiary/aromatic N) is 1. The van der Waals surface area contributed by atoms with Crippen LogP contribution in [0.3, 0.4) is 0 Å². The van der Waals surface area contributed by atoms with Crippen LogP contribution in [-0.2, 0) is 32.3 Å². The number of nitrogens with one attached hydrogen (secondary N) is 3. The predicted molar refractivity (Wildman–Crippen MR) is 144 cm³/mol. The highest BCUT2D eigenvalue weighted by Crippen LogP contribution is 2.12. The second-order valence-corrected chi connectivity index (χ2v) is 9.40. The Hall–Kier alpha value is -4.27. The summed E-state index contributed by atoms with van der Waals surface area (Å²) in [6.07, 6.45) is -0.204. The van der Waals surface area contributed by atoms with E-state index in [1.807, 2.05) is 74.5 Å². The molecule has 3 amide bonds. The lowest BCUT2D eigenvalue weighted by atomic mass is 10.0. The first-order chi connectivity index (χ1) is 18.3. The zero-order valence-electron chi connectivity index (χ0n) is 21.9. The third-order valence-electron chi connectivity index (χ3n) is 5.88. The van der Waals surface area contributed by atoms with Gasteiger partial charge >= 0.3 is 6.09 Å². The summed E-state index contributed by atoms with van der Waals surface area (Å²) in [7, 11) is 0. The van der Waals surface area contributed by atoms with Crippen LogP contribution in [0.4, 0.5) is 4.79 Å². The van der Waals surface area contributed by atoms with Crippen molar-refractivity contribution in [3.05, 3.63) is 78.0 Å². The summed E-state index contributed by atoms with van der Waals surface area (Å²) in [4.78, 5) is 55.2. The zero-order valence-corrected chi connectivity index (χ0v) is 21.9. The lowest BCUT2D eigenvalue weighted by Gasteiger charge is -2.23. The molecule has 3 rings (SSSR count).